The van der Waals surface area contributed by atoms with Gasteiger partial charge < -0.3 is 15.4 Å². The monoisotopic (exact) mass is 298 g/mol. The number of carbonyl (C=O) groups is 2. The van der Waals surface area contributed by atoms with Gasteiger partial charge in [0.15, 0.2) is 6.10 Å². The number of carbonyl (C=O) groups excluding carboxylic acids is 2. The quantitative estimate of drug-likeness (QED) is 0.881. The molecule has 2 amide bonds. The molecule has 2 aromatic rings. The molecule has 1 aromatic heterocycles. The summed E-state index contributed by atoms with van der Waals surface area (Å²) in [5.41, 5.74) is 2.01. The maximum Gasteiger partial charge on any atom is 0.275 e. The first kappa shape index (κ1) is 14.0. The van der Waals surface area contributed by atoms with E-state index in [9.17, 15) is 9.59 Å². The van der Waals surface area contributed by atoms with Crippen LogP contribution in [0.3, 0.4) is 0 Å². The van der Waals surface area contributed by atoms with Crippen molar-refractivity contribution in [2.75, 3.05) is 10.6 Å². The predicted octanol–water partition coefficient (Wildman–Crippen LogP) is 1.76. The number of amides is 2. The van der Waals surface area contributed by atoms with Gasteiger partial charge in [-0.25, -0.2) is 4.98 Å². The number of anilines is 2. The average molecular weight is 298 g/mol. The zero-order valence-electron chi connectivity index (χ0n) is 12.1. The van der Waals surface area contributed by atoms with E-state index in [0.29, 0.717) is 17.1 Å². The van der Waals surface area contributed by atoms with Gasteiger partial charge in [0.05, 0.1) is 17.6 Å². The van der Waals surface area contributed by atoms with Crippen molar-refractivity contribution < 1.29 is 14.3 Å². The third-order valence-electron chi connectivity index (χ3n) is 3.18. The zero-order chi connectivity index (χ0) is 15.7. The highest BCUT2D eigenvalue weighted by molar-refractivity contribution is 6.04. The fourth-order valence-corrected chi connectivity index (χ4v) is 1.99. The third-order valence-corrected chi connectivity index (χ3v) is 3.18. The van der Waals surface area contributed by atoms with Crippen molar-refractivity contribution in [3.05, 3.63) is 42.0 Å². The van der Waals surface area contributed by atoms with Crippen LogP contribution in [0.1, 0.15) is 23.1 Å². The molecule has 1 aliphatic rings. The van der Waals surface area contributed by atoms with E-state index in [-0.39, 0.29) is 17.5 Å². The van der Waals surface area contributed by atoms with Crippen molar-refractivity contribution in [3.63, 3.8) is 0 Å². The molecule has 2 heterocycles. The molecule has 0 saturated carbocycles. The molecule has 112 valence electrons. The lowest BCUT2D eigenvalue weighted by Gasteiger charge is -2.23. The van der Waals surface area contributed by atoms with Crippen molar-refractivity contribution in [2.24, 2.45) is 0 Å². The van der Waals surface area contributed by atoms with Gasteiger partial charge in [0, 0.05) is 11.9 Å². The zero-order valence-corrected chi connectivity index (χ0v) is 12.1. The van der Waals surface area contributed by atoms with Gasteiger partial charge in [0.1, 0.15) is 11.4 Å². The molecule has 0 unspecified atom stereocenters. The highest BCUT2D eigenvalue weighted by atomic mass is 16.5. The summed E-state index contributed by atoms with van der Waals surface area (Å²) in [5.74, 6) is -0.0236. The summed E-state index contributed by atoms with van der Waals surface area (Å²) in [6, 6.07) is 5.03. The lowest BCUT2D eigenvalue weighted by Crippen LogP contribution is -2.34. The Labute approximate surface area is 126 Å². The normalized spacial score (nSPS) is 16.3. The van der Waals surface area contributed by atoms with Crippen molar-refractivity contribution in [2.45, 2.75) is 20.0 Å². The maximum absolute atomic E-state index is 12.1. The molecular weight excluding hydrogens is 284 g/mol. The SMILES string of the molecule is Cc1cnc(C(=O)Nc2ccc3c(c2)NC(=O)[C@H](C)O3)cn1. The first-order valence-electron chi connectivity index (χ1n) is 6.74. The Morgan fingerprint density at radius 2 is 2.14 bits per heavy atom. The van der Waals surface area contributed by atoms with E-state index >= 15 is 0 Å². The van der Waals surface area contributed by atoms with Crippen LogP contribution in [0.2, 0.25) is 0 Å². The summed E-state index contributed by atoms with van der Waals surface area (Å²) in [6.07, 6.45) is 2.41. The van der Waals surface area contributed by atoms with E-state index < -0.39 is 6.10 Å². The Balaban J connectivity index is 1.79. The van der Waals surface area contributed by atoms with Crippen LogP contribution in [-0.2, 0) is 4.79 Å². The maximum atomic E-state index is 12.1. The number of hydrogen-bond donors (Lipinski definition) is 2. The molecule has 0 fully saturated rings. The minimum absolute atomic E-state index is 0.220. The summed E-state index contributed by atoms with van der Waals surface area (Å²) in [5, 5.41) is 5.43. The van der Waals surface area contributed by atoms with E-state index in [0.717, 1.165) is 5.69 Å². The number of ether oxygens (including phenoxy) is 1. The number of aromatic nitrogens is 2. The molecule has 3 rings (SSSR count). The number of benzene rings is 1. The largest absolute Gasteiger partial charge is 0.479 e. The van der Waals surface area contributed by atoms with E-state index in [4.69, 9.17) is 4.74 Å². The van der Waals surface area contributed by atoms with E-state index in [1.165, 1.54) is 12.4 Å². The molecule has 1 aliphatic heterocycles. The van der Waals surface area contributed by atoms with Crippen LogP contribution in [0, 0.1) is 6.92 Å². The summed E-state index contributed by atoms with van der Waals surface area (Å²) in [6.45, 7) is 3.46. The summed E-state index contributed by atoms with van der Waals surface area (Å²) in [7, 11) is 0. The molecule has 0 saturated heterocycles. The van der Waals surface area contributed by atoms with Crippen molar-refractivity contribution in [3.8, 4) is 5.75 Å². The molecule has 1 aromatic carbocycles. The van der Waals surface area contributed by atoms with Crippen LogP contribution in [-0.4, -0.2) is 27.9 Å². The molecule has 1 atom stereocenters. The number of nitrogens with one attached hydrogen (secondary N) is 2. The number of fused-ring (bicyclic) bond motifs is 1. The lowest BCUT2D eigenvalue weighted by atomic mass is 10.2. The Morgan fingerprint density at radius 3 is 2.86 bits per heavy atom. The minimum Gasteiger partial charge on any atom is -0.479 e. The number of hydrogen-bond acceptors (Lipinski definition) is 5. The molecule has 0 aliphatic carbocycles. The van der Waals surface area contributed by atoms with Gasteiger partial charge in [0.25, 0.3) is 11.8 Å². The van der Waals surface area contributed by atoms with Gasteiger partial charge >= 0.3 is 0 Å². The molecule has 7 nitrogen and oxygen atoms in total. The van der Waals surface area contributed by atoms with Crippen molar-refractivity contribution >= 4 is 23.2 Å². The Morgan fingerprint density at radius 1 is 1.32 bits per heavy atom. The minimum atomic E-state index is -0.532. The van der Waals surface area contributed by atoms with Crippen molar-refractivity contribution in [1.29, 1.82) is 0 Å². The van der Waals surface area contributed by atoms with Gasteiger partial charge in [-0.05, 0) is 32.0 Å². The Hall–Kier alpha value is -2.96. The van der Waals surface area contributed by atoms with Crippen LogP contribution in [0.15, 0.2) is 30.6 Å². The van der Waals surface area contributed by atoms with Gasteiger partial charge in [-0.1, -0.05) is 0 Å². The third kappa shape index (κ3) is 2.73. The second-order valence-electron chi connectivity index (χ2n) is 4.96. The molecule has 0 radical (unpaired) electrons. The molecule has 22 heavy (non-hydrogen) atoms. The van der Waals surface area contributed by atoms with Gasteiger partial charge in [-0.15, -0.1) is 0 Å². The van der Waals surface area contributed by atoms with Gasteiger partial charge in [0.2, 0.25) is 0 Å². The van der Waals surface area contributed by atoms with Gasteiger partial charge in [-0.3, -0.25) is 14.6 Å². The number of nitrogens with zero attached hydrogens (tertiary/aromatic N) is 2. The predicted molar refractivity (Wildman–Crippen MR) is 79.9 cm³/mol. The van der Waals surface area contributed by atoms with Gasteiger partial charge in [-0.2, -0.15) is 0 Å². The lowest BCUT2D eigenvalue weighted by molar-refractivity contribution is -0.122. The van der Waals surface area contributed by atoms with Crippen LogP contribution in [0.4, 0.5) is 11.4 Å². The Bertz CT molecular complexity index is 743. The highest BCUT2D eigenvalue weighted by Gasteiger charge is 2.23. The summed E-state index contributed by atoms with van der Waals surface area (Å²) >= 11 is 0. The number of aryl methyl sites for hydroxylation is 1. The molecular formula is C15H14N4O3. The molecule has 0 bridgehead atoms. The molecule has 2 N–H and O–H groups in total. The molecule has 7 heteroatoms. The Kier molecular flexibility index (Phi) is 3.46. The van der Waals surface area contributed by atoms with E-state index in [1.54, 1.807) is 32.0 Å². The van der Waals surface area contributed by atoms with Crippen LogP contribution in [0.5, 0.6) is 5.75 Å². The highest BCUT2D eigenvalue weighted by Crippen LogP contribution is 2.32. The fraction of sp³-hybridized carbons (Fsp3) is 0.200. The van der Waals surface area contributed by atoms with Crippen molar-refractivity contribution in [1.82, 2.24) is 9.97 Å². The van der Waals surface area contributed by atoms with E-state index in [1.807, 2.05) is 0 Å². The summed E-state index contributed by atoms with van der Waals surface area (Å²) < 4.78 is 5.45. The number of rotatable bonds is 2. The fourth-order valence-electron chi connectivity index (χ4n) is 1.99. The smallest absolute Gasteiger partial charge is 0.275 e. The average Bonchev–Trinajstić information content (AvgIpc) is 2.49. The topological polar surface area (TPSA) is 93.2 Å². The van der Waals surface area contributed by atoms with Crippen LogP contribution >= 0.6 is 0 Å². The first-order valence-corrected chi connectivity index (χ1v) is 6.74. The second-order valence-corrected chi connectivity index (χ2v) is 4.96. The molecule has 0 spiro atoms. The summed E-state index contributed by atoms with van der Waals surface area (Å²) in [4.78, 5) is 31.7. The second kappa shape index (κ2) is 5.44. The standard InChI is InChI=1S/C15H14N4O3/c1-8-6-17-12(7-16-8)15(21)18-10-3-4-13-11(5-10)19-14(20)9(2)22-13/h3-7,9H,1-2H3,(H,18,21)(H,19,20)/t9-/m0/s1. The first-order chi connectivity index (χ1) is 10.5. The van der Waals surface area contributed by atoms with E-state index in [2.05, 4.69) is 20.6 Å². The van der Waals surface area contributed by atoms with Crippen LogP contribution in [0.25, 0.3) is 0 Å². The van der Waals surface area contributed by atoms with Crippen LogP contribution < -0.4 is 15.4 Å².